The molecule has 0 aliphatic rings. The van der Waals surface area contributed by atoms with E-state index in [1.807, 2.05) is 24.3 Å². The Hall–Kier alpha value is -2.13. The summed E-state index contributed by atoms with van der Waals surface area (Å²) in [7, 11) is 0. The second-order valence-corrected chi connectivity index (χ2v) is 9.79. The second kappa shape index (κ2) is 30.1. The number of aliphatic hydroxyl groups is 1. The Morgan fingerprint density at radius 1 is 0.595 bits per heavy atom. The molecular formula is C34H56O3. The van der Waals surface area contributed by atoms with Crippen molar-refractivity contribution in [2.24, 2.45) is 0 Å². The van der Waals surface area contributed by atoms with Crippen molar-refractivity contribution in [2.75, 3.05) is 0 Å². The Labute approximate surface area is 228 Å². The molecule has 0 spiro atoms. The Balaban J connectivity index is 3.41. The van der Waals surface area contributed by atoms with Gasteiger partial charge < -0.3 is 10.2 Å². The van der Waals surface area contributed by atoms with Crippen molar-refractivity contribution in [3.8, 4) is 0 Å². The van der Waals surface area contributed by atoms with Crippen LogP contribution in [0.4, 0.5) is 0 Å². The van der Waals surface area contributed by atoms with E-state index >= 15 is 0 Å². The number of hydrogen-bond acceptors (Lipinski definition) is 2. The molecule has 0 saturated carbocycles. The van der Waals surface area contributed by atoms with Gasteiger partial charge in [0.2, 0.25) is 0 Å². The maximum atomic E-state index is 10.5. The van der Waals surface area contributed by atoms with Crippen LogP contribution >= 0.6 is 0 Å². The van der Waals surface area contributed by atoms with Gasteiger partial charge in [-0.05, 0) is 51.4 Å². The van der Waals surface area contributed by atoms with Crippen LogP contribution in [-0.2, 0) is 4.79 Å². The first-order valence-electron chi connectivity index (χ1n) is 15.0. The first kappa shape index (κ1) is 34.9. The van der Waals surface area contributed by atoms with Gasteiger partial charge in [0.25, 0.3) is 0 Å². The van der Waals surface area contributed by atoms with E-state index in [2.05, 4.69) is 55.5 Å². The van der Waals surface area contributed by atoms with Crippen LogP contribution in [-0.4, -0.2) is 22.3 Å². The Morgan fingerprint density at radius 2 is 1.08 bits per heavy atom. The predicted octanol–water partition coefficient (Wildman–Crippen LogP) is 10.2. The molecule has 0 aromatic carbocycles. The van der Waals surface area contributed by atoms with E-state index in [0.717, 1.165) is 38.5 Å². The minimum atomic E-state index is -0.665. The molecule has 37 heavy (non-hydrogen) atoms. The maximum absolute atomic E-state index is 10.5. The Morgan fingerprint density at radius 3 is 1.62 bits per heavy atom. The molecule has 0 rings (SSSR count). The van der Waals surface area contributed by atoms with Crippen LogP contribution in [0.1, 0.15) is 129 Å². The minimum absolute atomic E-state index is 0.328. The highest BCUT2D eigenvalue weighted by Crippen LogP contribution is 2.13. The van der Waals surface area contributed by atoms with Crippen LogP contribution < -0.4 is 0 Å². The highest BCUT2D eigenvalue weighted by atomic mass is 16.4. The van der Waals surface area contributed by atoms with Crippen molar-refractivity contribution >= 4 is 5.97 Å². The highest BCUT2D eigenvalue weighted by Gasteiger charge is 1.97. The Bertz CT molecular complexity index is 667. The largest absolute Gasteiger partial charge is 0.481 e. The van der Waals surface area contributed by atoms with Crippen LogP contribution in [0.25, 0.3) is 0 Å². The molecule has 0 aromatic heterocycles. The van der Waals surface area contributed by atoms with Crippen molar-refractivity contribution in [2.45, 2.75) is 135 Å². The van der Waals surface area contributed by atoms with Gasteiger partial charge in [-0.25, -0.2) is 0 Å². The van der Waals surface area contributed by atoms with Crippen molar-refractivity contribution in [1.29, 1.82) is 0 Å². The topological polar surface area (TPSA) is 57.5 Å². The number of aliphatic hydroxyl groups excluding tert-OH is 1. The van der Waals surface area contributed by atoms with E-state index in [0.29, 0.717) is 12.8 Å². The number of allylic oxidation sites excluding steroid dienone is 10. The van der Waals surface area contributed by atoms with Gasteiger partial charge in [-0.1, -0.05) is 144 Å². The minimum Gasteiger partial charge on any atom is -0.481 e. The summed E-state index contributed by atoms with van der Waals surface area (Å²) in [4.78, 5) is 10.5. The van der Waals surface area contributed by atoms with Crippen LogP contribution in [0.2, 0.25) is 0 Å². The molecule has 1 atom stereocenters. The van der Waals surface area contributed by atoms with Crippen LogP contribution in [0.15, 0.2) is 72.9 Å². The van der Waals surface area contributed by atoms with Gasteiger partial charge in [-0.3, -0.25) is 4.79 Å². The lowest BCUT2D eigenvalue weighted by Gasteiger charge is -2.02. The quantitative estimate of drug-likeness (QED) is 0.0688. The number of unbranched alkanes of at least 4 members (excludes halogenated alkanes) is 12. The molecule has 2 N–H and O–H groups in total. The Kier molecular flexibility index (Phi) is 28.4. The summed E-state index contributed by atoms with van der Waals surface area (Å²) >= 11 is 0. The molecule has 0 bridgehead atoms. The van der Waals surface area contributed by atoms with E-state index in [9.17, 15) is 9.90 Å². The number of aliphatic carboxylic acids is 1. The average Bonchev–Trinajstić information content (AvgIpc) is 2.88. The second-order valence-electron chi connectivity index (χ2n) is 9.79. The molecule has 3 nitrogen and oxygen atoms in total. The number of carboxylic acids is 1. The fourth-order valence-corrected chi connectivity index (χ4v) is 3.97. The van der Waals surface area contributed by atoms with Crippen molar-refractivity contribution in [3.63, 3.8) is 0 Å². The molecule has 0 heterocycles. The first-order chi connectivity index (χ1) is 18.2. The van der Waals surface area contributed by atoms with Gasteiger partial charge in [0.05, 0.1) is 6.10 Å². The number of rotatable bonds is 26. The first-order valence-corrected chi connectivity index (χ1v) is 15.0. The molecule has 210 valence electrons. The third-order valence-corrected chi connectivity index (χ3v) is 6.19. The van der Waals surface area contributed by atoms with E-state index in [1.165, 1.54) is 70.6 Å². The van der Waals surface area contributed by atoms with E-state index in [4.69, 9.17) is 5.11 Å². The fourth-order valence-electron chi connectivity index (χ4n) is 3.97. The summed E-state index contributed by atoms with van der Waals surface area (Å²) in [5.74, 6) is -0.665. The predicted molar refractivity (Wildman–Crippen MR) is 162 cm³/mol. The zero-order chi connectivity index (χ0) is 27.1. The monoisotopic (exact) mass is 512 g/mol. The summed E-state index contributed by atoms with van der Waals surface area (Å²) in [5.41, 5.74) is 0. The van der Waals surface area contributed by atoms with E-state index in [1.54, 1.807) is 0 Å². The van der Waals surface area contributed by atoms with E-state index in [-0.39, 0.29) is 0 Å². The molecular weight excluding hydrogens is 456 g/mol. The van der Waals surface area contributed by atoms with Crippen molar-refractivity contribution in [1.82, 2.24) is 0 Å². The van der Waals surface area contributed by atoms with Gasteiger partial charge >= 0.3 is 5.97 Å². The summed E-state index contributed by atoms with van der Waals surface area (Å²) in [6.45, 7) is 2.09. The van der Waals surface area contributed by atoms with Gasteiger partial charge in [-0.15, -0.1) is 0 Å². The molecule has 0 aliphatic carbocycles. The molecule has 0 amide bonds. The van der Waals surface area contributed by atoms with Crippen molar-refractivity contribution in [3.05, 3.63) is 72.9 Å². The van der Waals surface area contributed by atoms with E-state index < -0.39 is 12.1 Å². The maximum Gasteiger partial charge on any atom is 0.303 e. The average molecular weight is 513 g/mol. The SMILES string of the molecule is CCC=CCC(O)C=CC=CCC=CCC=CCC=CCCCCCCCCCCCCCCC(=O)O. The fraction of sp³-hybridized carbons (Fsp3) is 0.618. The molecule has 0 fully saturated rings. The van der Waals surface area contributed by atoms with Gasteiger partial charge in [0, 0.05) is 6.42 Å². The van der Waals surface area contributed by atoms with Crippen LogP contribution in [0.3, 0.4) is 0 Å². The van der Waals surface area contributed by atoms with Gasteiger partial charge in [0.15, 0.2) is 0 Å². The lowest BCUT2D eigenvalue weighted by atomic mass is 10.0. The molecule has 0 saturated heterocycles. The highest BCUT2D eigenvalue weighted by molar-refractivity contribution is 5.66. The lowest BCUT2D eigenvalue weighted by Crippen LogP contribution is -1.98. The molecule has 0 aliphatic heterocycles. The summed E-state index contributed by atoms with van der Waals surface area (Å²) in [5, 5.41) is 18.4. The number of carbonyl (C=O) groups is 1. The summed E-state index contributed by atoms with van der Waals surface area (Å²) in [6.07, 6.45) is 46.2. The molecule has 0 radical (unpaired) electrons. The number of hydrogen-bond donors (Lipinski definition) is 2. The van der Waals surface area contributed by atoms with Gasteiger partial charge in [-0.2, -0.15) is 0 Å². The summed E-state index contributed by atoms with van der Waals surface area (Å²) in [6, 6.07) is 0. The van der Waals surface area contributed by atoms with Crippen LogP contribution in [0.5, 0.6) is 0 Å². The van der Waals surface area contributed by atoms with Crippen LogP contribution in [0, 0.1) is 0 Å². The summed E-state index contributed by atoms with van der Waals surface area (Å²) < 4.78 is 0. The third-order valence-electron chi connectivity index (χ3n) is 6.19. The zero-order valence-electron chi connectivity index (χ0n) is 23.7. The smallest absolute Gasteiger partial charge is 0.303 e. The van der Waals surface area contributed by atoms with Gasteiger partial charge in [0.1, 0.15) is 0 Å². The normalized spacial score (nSPS) is 13.6. The van der Waals surface area contributed by atoms with Crippen molar-refractivity contribution < 1.29 is 15.0 Å². The molecule has 3 heteroatoms. The number of carboxylic acid groups (broad SMARTS) is 1. The molecule has 1 unspecified atom stereocenters. The molecule has 0 aromatic rings. The third kappa shape index (κ3) is 31.8. The zero-order valence-corrected chi connectivity index (χ0v) is 23.7. The lowest BCUT2D eigenvalue weighted by molar-refractivity contribution is -0.137. The standard InChI is InChI=1S/C34H56O3/c1-2-3-27-30-33(35)31-28-25-23-21-19-17-15-13-11-9-7-5-4-6-8-10-12-14-16-18-20-22-24-26-29-32-34(36)37/h3,5,7,11,13,17,19,23,25,27-28,31,33,35H,2,4,6,8-10,12,14-16,18,20-22,24,26,29-30,32H2,1H3,(H,36,37).